The number of nitrogens with one attached hydrogen (secondary N) is 1. The van der Waals surface area contributed by atoms with E-state index in [9.17, 15) is 4.39 Å². The Morgan fingerprint density at radius 3 is 2.85 bits per heavy atom. The number of benzene rings is 1. The highest BCUT2D eigenvalue weighted by Gasteiger charge is 2.19. The van der Waals surface area contributed by atoms with Crippen molar-refractivity contribution in [3.63, 3.8) is 0 Å². The molecular weight excluding hydrogens is 343 g/mol. The number of hydrogen-bond donors (Lipinski definition) is 1. The van der Waals surface area contributed by atoms with Crippen LogP contribution in [0, 0.1) is 17.5 Å². The lowest BCUT2D eigenvalue weighted by Gasteiger charge is -2.09. The molecule has 0 amide bonds. The van der Waals surface area contributed by atoms with Crippen LogP contribution < -0.4 is 0 Å². The molecule has 1 aromatic carbocycles. The SMILES string of the molecule is CCn1nc(C)c2[nH]c(=S)n(-c3c(F)cccc3Br)c21. The van der Waals surface area contributed by atoms with E-state index in [1.54, 1.807) is 16.7 Å². The number of H-pyrrole nitrogens is 1. The summed E-state index contributed by atoms with van der Waals surface area (Å²) in [4.78, 5) is 3.11. The lowest BCUT2D eigenvalue weighted by Crippen LogP contribution is -2.05. The fourth-order valence-corrected chi connectivity index (χ4v) is 3.13. The van der Waals surface area contributed by atoms with Crippen LogP contribution in [0.15, 0.2) is 22.7 Å². The summed E-state index contributed by atoms with van der Waals surface area (Å²) >= 11 is 8.74. The topological polar surface area (TPSA) is 38.5 Å². The van der Waals surface area contributed by atoms with Gasteiger partial charge in [-0.25, -0.2) is 9.07 Å². The molecule has 0 aliphatic rings. The molecule has 0 aliphatic heterocycles. The second-order valence-electron chi connectivity index (χ2n) is 4.44. The molecule has 3 rings (SSSR count). The van der Waals surface area contributed by atoms with Gasteiger partial charge in [-0.2, -0.15) is 5.10 Å². The van der Waals surface area contributed by atoms with E-state index in [2.05, 4.69) is 26.0 Å². The molecule has 0 fully saturated rings. The predicted octanol–water partition coefficient (Wildman–Crippen LogP) is 4.11. The molecular formula is C13H12BrFN4S. The highest BCUT2D eigenvalue weighted by Crippen LogP contribution is 2.29. The number of halogens is 2. The maximum absolute atomic E-state index is 14.2. The van der Waals surface area contributed by atoms with Gasteiger partial charge in [-0.15, -0.1) is 0 Å². The molecule has 0 saturated carbocycles. The van der Waals surface area contributed by atoms with Gasteiger partial charge in [0.2, 0.25) is 0 Å². The summed E-state index contributed by atoms with van der Waals surface area (Å²) in [7, 11) is 0. The average Bonchev–Trinajstić information content (AvgIpc) is 2.88. The number of aromatic nitrogens is 4. The number of aryl methyl sites for hydroxylation is 2. The van der Waals surface area contributed by atoms with Crippen molar-refractivity contribution < 1.29 is 4.39 Å². The Bertz CT molecular complexity index is 841. The monoisotopic (exact) mass is 354 g/mol. The first-order valence-electron chi connectivity index (χ1n) is 6.17. The minimum Gasteiger partial charge on any atom is -0.327 e. The van der Waals surface area contributed by atoms with E-state index in [4.69, 9.17) is 12.2 Å². The maximum Gasteiger partial charge on any atom is 0.184 e. The summed E-state index contributed by atoms with van der Waals surface area (Å²) < 4.78 is 18.8. The van der Waals surface area contributed by atoms with Gasteiger partial charge in [-0.05, 0) is 54.1 Å². The first-order valence-corrected chi connectivity index (χ1v) is 7.37. The van der Waals surface area contributed by atoms with Crippen molar-refractivity contribution in [2.45, 2.75) is 20.4 Å². The minimum atomic E-state index is -0.335. The summed E-state index contributed by atoms with van der Waals surface area (Å²) in [5.74, 6) is -0.335. The van der Waals surface area contributed by atoms with E-state index in [0.29, 0.717) is 21.5 Å². The fraction of sp³-hybridized carbons (Fsp3) is 0.231. The molecule has 0 spiro atoms. The molecule has 0 bridgehead atoms. The summed E-state index contributed by atoms with van der Waals surface area (Å²) in [6, 6.07) is 4.86. The highest BCUT2D eigenvalue weighted by molar-refractivity contribution is 9.10. The quantitative estimate of drug-likeness (QED) is 0.703. The summed E-state index contributed by atoms with van der Waals surface area (Å²) in [6.45, 7) is 4.58. The molecule has 1 N–H and O–H groups in total. The standard InChI is InChI=1S/C13H12BrFN4S/c1-3-18-12-10(7(2)17-18)16-13(20)19(12)11-8(14)5-4-6-9(11)15/h4-6H,3H2,1-2H3,(H,16,20). The van der Waals surface area contributed by atoms with Crippen molar-refractivity contribution in [3.8, 4) is 5.69 Å². The smallest absolute Gasteiger partial charge is 0.184 e. The van der Waals surface area contributed by atoms with Crippen LogP contribution in [0.1, 0.15) is 12.6 Å². The average molecular weight is 355 g/mol. The first kappa shape index (κ1) is 13.5. The van der Waals surface area contributed by atoms with Crippen molar-refractivity contribution in [2.24, 2.45) is 0 Å². The number of aromatic amines is 1. The maximum atomic E-state index is 14.2. The van der Waals surface area contributed by atoms with Gasteiger partial charge >= 0.3 is 0 Å². The number of fused-ring (bicyclic) bond motifs is 1. The Labute approximate surface area is 128 Å². The van der Waals surface area contributed by atoms with Crippen LogP contribution in [0.2, 0.25) is 0 Å². The second kappa shape index (κ2) is 4.82. The summed E-state index contributed by atoms with van der Waals surface area (Å²) in [6.07, 6.45) is 0. The Kier molecular flexibility index (Phi) is 3.25. The molecule has 2 heterocycles. The van der Waals surface area contributed by atoms with E-state index < -0.39 is 0 Å². The zero-order valence-electron chi connectivity index (χ0n) is 10.9. The lowest BCUT2D eigenvalue weighted by molar-refractivity contribution is 0.612. The van der Waals surface area contributed by atoms with Crippen molar-refractivity contribution in [3.05, 3.63) is 39.0 Å². The summed E-state index contributed by atoms with van der Waals surface area (Å²) in [5.41, 5.74) is 2.87. The van der Waals surface area contributed by atoms with Crippen molar-refractivity contribution >= 4 is 39.3 Å². The molecule has 4 nitrogen and oxygen atoms in total. The van der Waals surface area contributed by atoms with Crippen LogP contribution in [0.4, 0.5) is 4.39 Å². The van der Waals surface area contributed by atoms with Crippen LogP contribution in [0.5, 0.6) is 0 Å². The predicted molar refractivity (Wildman–Crippen MR) is 82.3 cm³/mol. The zero-order valence-corrected chi connectivity index (χ0v) is 13.3. The van der Waals surface area contributed by atoms with E-state index in [-0.39, 0.29) is 5.82 Å². The molecule has 0 saturated heterocycles. The van der Waals surface area contributed by atoms with Crippen molar-refractivity contribution in [2.75, 3.05) is 0 Å². The van der Waals surface area contributed by atoms with Gasteiger partial charge in [0.15, 0.2) is 10.4 Å². The lowest BCUT2D eigenvalue weighted by atomic mass is 10.3. The molecule has 20 heavy (non-hydrogen) atoms. The largest absolute Gasteiger partial charge is 0.327 e. The van der Waals surface area contributed by atoms with E-state index in [1.807, 2.05) is 18.5 Å². The molecule has 7 heteroatoms. The third kappa shape index (κ3) is 1.84. The van der Waals surface area contributed by atoms with Crippen molar-refractivity contribution in [1.29, 1.82) is 0 Å². The number of rotatable bonds is 2. The number of imidazole rings is 1. The van der Waals surface area contributed by atoms with E-state index in [1.165, 1.54) is 6.07 Å². The van der Waals surface area contributed by atoms with E-state index in [0.717, 1.165) is 16.9 Å². The Morgan fingerprint density at radius 2 is 2.20 bits per heavy atom. The van der Waals surface area contributed by atoms with E-state index >= 15 is 0 Å². The van der Waals surface area contributed by atoms with Gasteiger partial charge in [-0.1, -0.05) is 6.07 Å². The number of para-hydroxylation sites is 1. The van der Waals surface area contributed by atoms with Crippen LogP contribution in [0.3, 0.4) is 0 Å². The Morgan fingerprint density at radius 1 is 1.45 bits per heavy atom. The molecule has 0 aliphatic carbocycles. The van der Waals surface area contributed by atoms with Gasteiger partial charge in [0.25, 0.3) is 0 Å². The molecule has 2 aromatic heterocycles. The third-order valence-corrected chi connectivity index (χ3v) is 4.13. The van der Waals surface area contributed by atoms with Gasteiger partial charge in [-0.3, -0.25) is 4.57 Å². The molecule has 0 unspecified atom stereocenters. The number of nitrogens with zero attached hydrogens (tertiary/aromatic N) is 3. The van der Waals surface area contributed by atoms with Crippen molar-refractivity contribution in [1.82, 2.24) is 19.3 Å². The van der Waals surface area contributed by atoms with Gasteiger partial charge in [0.1, 0.15) is 11.3 Å². The van der Waals surface area contributed by atoms with Gasteiger partial charge in [0, 0.05) is 11.0 Å². The Balaban J connectivity index is 2.48. The fourth-order valence-electron chi connectivity index (χ4n) is 2.33. The molecule has 0 atom stereocenters. The first-order chi connectivity index (χ1) is 9.54. The van der Waals surface area contributed by atoms with Gasteiger partial charge < -0.3 is 4.98 Å². The van der Waals surface area contributed by atoms with Gasteiger partial charge in [0.05, 0.1) is 11.4 Å². The summed E-state index contributed by atoms with van der Waals surface area (Å²) in [5, 5.41) is 4.44. The second-order valence-corrected chi connectivity index (χ2v) is 5.68. The van der Waals surface area contributed by atoms with Crippen LogP contribution in [-0.2, 0) is 6.54 Å². The molecule has 0 radical (unpaired) electrons. The highest BCUT2D eigenvalue weighted by atomic mass is 79.9. The van der Waals surface area contributed by atoms with Crippen LogP contribution in [-0.4, -0.2) is 19.3 Å². The zero-order chi connectivity index (χ0) is 14.4. The minimum absolute atomic E-state index is 0.335. The van der Waals surface area contributed by atoms with Crippen LogP contribution in [0.25, 0.3) is 16.9 Å². The number of hydrogen-bond acceptors (Lipinski definition) is 2. The third-order valence-electron chi connectivity index (χ3n) is 3.21. The Hall–Kier alpha value is -1.47. The normalized spacial score (nSPS) is 11.4. The molecule has 104 valence electrons. The molecule has 3 aromatic rings. The van der Waals surface area contributed by atoms with Crippen LogP contribution >= 0.6 is 28.1 Å².